The number of fused-ring (bicyclic) bond motifs is 1. The van der Waals surface area contributed by atoms with Gasteiger partial charge in [0.1, 0.15) is 23.6 Å². The number of hydrogen-bond acceptors (Lipinski definition) is 6. The van der Waals surface area contributed by atoms with Gasteiger partial charge in [0.15, 0.2) is 0 Å². The van der Waals surface area contributed by atoms with E-state index in [2.05, 4.69) is 30.6 Å². The second kappa shape index (κ2) is 9.21. The highest BCUT2D eigenvalue weighted by molar-refractivity contribution is 5.98. The molecule has 9 nitrogen and oxygen atoms in total. The van der Waals surface area contributed by atoms with Gasteiger partial charge in [-0.25, -0.2) is 14.2 Å². The van der Waals surface area contributed by atoms with Crippen molar-refractivity contribution in [1.29, 1.82) is 0 Å². The number of carbonyl (C=O) groups excluding carboxylic acids is 2. The SMILES string of the molecule is CCNC(=O)Nc1nc2c(-c3ncccc3F)cc(-c3cncc(COC=O)c3)cc2[nH]1. The lowest BCUT2D eigenvalue weighted by Crippen LogP contribution is -2.28. The Morgan fingerprint density at radius 2 is 2.12 bits per heavy atom. The van der Waals surface area contributed by atoms with Gasteiger partial charge in [-0.1, -0.05) is 0 Å². The number of aromatic nitrogens is 4. The first-order valence-corrected chi connectivity index (χ1v) is 9.78. The molecule has 4 aromatic rings. The number of benzene rings is 1. The van der Waals surface area contributed by atoms with Gasteiger partial charge in [0.2, 0.25) is 5.95 Å². The Hall–Kier alpha value is -4.34. The van der Waals surface area contributed by atoms with Crippen LogP contribution in [0.3, 0.4) is 0 Å². The third-order valence-electron chi connectivity index (χ3n) is 4.62. The predicted molar refractivity (Wildman–Crippen MR) is 116 cm³/mol. The van der Waals surface area contributed by atoms with E-state index in [1.165, 1.54) is 18.3 Å². The molecule has 162 valence electrons. The number of carbonyl (C=O) groups is 2. The third kappa shape index (κ3) is 4.38. The van der Waals surface area contributed by atoms with Gasteiger partial charge < -0.3 is 15.0 Å². The molecule has 0 atom stereocenters. The number of nitrogens with zero attached hydrogens (tertiary/aromatic N) is 3. The number of rotatable bonds is 7. The number of aromatic amines is 1. The van der Waals surface area contributed by atoms with E-state index in [4.69, 9.17) is 4.74 Å². The van der Waals surface area contributed by atoms with Crippen molar-refractivity contribution in [2.75, 3.05) is 11.9 Å². The molecular formula is C22H19FN6O3. The Bertz CT molecular complexity index is 1290. The summed E-state index contributed by atoms with van der Waals surface area (Å²) in [5.41, 5.74) is 3.74. The molecule has 4 rings (SSSR count). The highest BCUT2D eigenvalue weighted by atomic mass is 19.1. The maximum absolute atomic E-state index is 14.6. The summed E-state index contributed by atoms with van der Waals surface area (Å²) in [6.45, 7) is 2.71. The molecule has 32 heavy (non-hydrogen) atoms. The average molecular weight is 434 g/mol. The zero-order chi connectivity index (χ0) is 22.5. The molecule has 0 spiro atoms. The summed E-state index contributed by atoms with van der Waals surface area (Å²) < 4.78 is 19.4. The number of anilines is 1. The maximum Gasteiger partial charge on any atom is 0.321 e. The molecule has 0 aliphatic rings. The molecule has 0 fully saturated rings. The van der Waals surface area contributed by atoms with E-state index in [-0.39, 0.29) is 18.2 Å². The highest BCUT2D eigenvalue weighted by Gasteiger charge is 2.17. The molecule has 0 bridgehead atoms. The standard InChI is InChI=1S/C22H19FN6O3/c1-2-25-22(31)29-21-27-18-8-14(15-6-13(9-24-10-15)11-32-12-30)7-16(20(18)28-21)19-17(23)4-3-5-26-19/h3-10,12H,2,11H2,1H3,(H3,25,27,28,29,31). The quantitative estimate of drug-likeness (QED) is 0.382. The summed E-state index contributed by atoms with van der Waals surface area (Å²) in [6, 6.07) is 7.81. The number of nitrogens with one attached hydrogen (secondary N) is 3. The number of hydrogen-bond donors (Lipinski definition) is 3. The van der Waals surface area contributed by atoms with Crippen LogP contribution in [0.25, 0.3) is 33.4 Å². The summed E-state index contributed by atoms with van der Waals surface area (Å²) in [5, 5.41) is 5.25. The van der Waals surface area contributed by atoms with Crippen LogP contribution in [0.5, 0.6) is 0 Å². The van der Waals surface area contributed by atoms with Gasteiger partial charge in [-0.05, 0) is 42.8 Å². The zero-order valence-corrected chi connectivity index (χ0v) is 17.1. The van der Waals surface area contributed by atoms with E-state index < -0.39 is 11.8 Å². The van der Waals surface area contributed by atoms with E-state index in [0.29, 0.717) is 40.7 Å². The van der Waals surface area contributed by atoms with Gasteiger partial charge in [0, 0.05) is 41.8 Å². The van der Waals surface area contributed by atoms with Crippen molar-refractivity contribution >= 4 is 29.5 Å². The number of halogens is 1. The van der Waals surface area contributed by atoms with Crippen molar-refractivity contribution in [2.24, 2.45) is 0 Å². The highest BCUT2D eigenvalue weighted by Crippen LogP contribution is 2.34. The number of amides is 2. The molecule has 0 aliphatic heterocycles. The van der Waals surface area contributed by atoms with Crippen molar-refractivity contribution in [2.45, 2.75) is 13.5 Å². The molecule has 3 heterocycles. The van der Waals surface area contributed by atoms with Crippen molar-refractivity contribution in [3.05, 3.63) is 60.3 Å². The van der Waals surface area contributed by atoms with E-state index >= 15 is 0 Å². The van der Waals surface area contributed by atoms with E-state index in [9.17, 15) is 14.0 Å². The molecule has 2 amide bonds. The molecule has 3 aromatic heterocycles. The Labute approximate surface area is 182 Å². The van der Waals surface area contributed by atoms with Gasteiger partial charge in [0.25, 0.3) is 6.47 Å². The average Bonchev–Trinajstić information content (AvgIpc) is 3.20. The maximum atomic E-state index is 14.6. The largest absolute Gasteiger partial charge is 0.463 e. The lowest BCUT2D eigenvalue weighted by atomic mass is 10.00. The van der Waals surface area contributed by atoms with Gasteiger partial charge in [-0.3, -0.25) is 20.1 Å². The summed E-state index contributed by atoms with van der Waals surface area (Å²) in [7, 11) is 0. The normalized spacial score (nSPS) is 10.7. The smallest absolute Gasteiger partial charge is 0.321 e. The van der Waals surface area contributed by atoms with Gasteiger partial charge in [-0.15, -0.1) is 0 Å². The molecule has 0 unspecified atom stereocenters. The first kappa shape index (κ1) is 20.9. The number of pyridine rings is 2. The second-order valence-electron chi connectivity index (χ2n) is 6.81. The number of ether oxygens (including phenoxy) is 1. The molecule has 3 N–H and O–H groups in total. The molecule has 0 saturated carbocycles. The fourth-order valence-corrected chi connectivity index (χ4v) is 3.27. The van der Waals surface area contributed by atoms with Crippen LogP contribution in [0.15, 0.2) is 48.9 Å². The van der Waals surface area contributed by atoms with E-state index in [1.807, 2.05) is 12.1 Å². The number of urea groups is 1. The van der Waals surface area contributed by atoms with Crippen LogP contribution in [0.2, 0.25) is 0 Å². The molecule has 10 heteroatoms. The van der Waals surface area contributed by atoms with Gasteiger partial charge in [-0.2, -0.15) is 0 Å². The Kier molecular flexibility index (Phi) is 6.02. The van der Waals surface area contributed by atoms with Crippen molar-refractivity contribution in [3.8, 4) is 22.4 Å². The van der Waals surface area contributed by atoms with Crippen LogP contribution < -0.4 is 10.6 Å². The van der Waals surface area contributed by atoms with Crippen molar-refractivity contribution in [3.63, 3.8) is 0 Å². The van der Waals surface area contributed by atoms with Crippen LogP contribution in [0.4, 0.5) is 15.1 Å². The molecule has 1 aromatic carbocycles. The Morgan fingerprint density at radius 3 is 2.91 bits per heavy atom. The molecule has 0 aliphatic carbocycles. The summed E-state index contributed by atoms with van der Waals surface area (Å²) in [6.07, 6.45) is 4.74. The summed E-state index contributed by atoms with van der Waals surface area (Å²) in [4.78, 5) is 38.3. The number of H-pyrrole nitrogens is 1. The van der Waals surface area contributed by atoms with Crippen LogP contribution in [0.1, 0.15) is 12.5 Å². The van der Waals surface area contributed by atoms with Gasteiger partial charge in [0.05, 0.1) is 5.52 Å². The first-order chi connectivity index (χ1) is 15.6. The minimum atomic E-state index is -0.501. The van der Waals surface area contributed by atoms with Crippen LogP contribution in [0, 0.1) is 5.82 Å². The second-order valence-corrected chi connectivity index (χ2v) is 6.81. The lowest BCUT2D eigenvalue weighted by Gasteiger charge is -2.09. The Balaban J connectivity index is 1.85. The summed E-state index contributed by atoms with van der Waals surface area (Å²) >= 11 is 0. The van der Waals surface area contributed by atoms with Crippen LogP contribution in [-0.4, -0.2) is 39.0 Å². The Morgan fingerprint density at radius 1 is 1.25 bits per heavy atom. The van der Waals surface area contributed by atoms with Gasteiger partial charge >= 0.3 is 6.03 Å². The fraction of sp³-hybridized carbons (Fsp3) is 0.136. The molecular weight excluding hydrogens is 415 g/mol. The molecule has 0 saturated heterocycles. The molecule has 0 radical (unpaired) electrons. The monoisotopic (exact) mass is 434 g/mol. The third-order valence-corrected chi connectivity index (χ3v) is 4.62. The number of imidazole rings is 1. The van der Waals surface area contributed by atoms with Crippen LogP contribution >= 0.6 is 0 Å². The topological polar surface area (TPSA) is 122 Å². The predicted octanol–water partition coefficient (Wildman–Crippen LogP) is 3.64. The van der Waals surface area contributed by atoms with Crippen LogP contribution in [-0.2, 0) is 16.1 Å². The van der Waals surface area contributed by atoms with Crippen molar-refractivity contribution < 1.29 is 18.7 Å². The minimum absolute atomic E-state index is 0.0823. The lowest BCUT2D eigenvalue weighted by molar-refractivity contribution is -0.129. The van der Waals surface area contributed by atoms with E-state index in [1.54, 1.807) is 25.4 Å². The van der Waals surface area contributed by atoms with E-state index in [0.717, 1.165) is 5.56 Å². The zero-order valence-electron chi connectivity index (χ0n) is 17.1. The minimum Gasteiger partial charge on any atom is -0.463 e. The fourth-order valence-electron chi connectivity index (χ4n) is 3.27. The first-order valence-electron chi connectivity index (χ1n) is 9.78. The summed E-state index contributed by atoms with van der Waals surface area (Å²) in [5.74, 6) is -0.287. The van der Waals surface area contributed by atoms with Crippen molar-refractivity contribution in [1.82, 2.24) is 25.3 Å².